The zero-order valence-corrected chi connectivity index (χ0v) is 11.6. The minimum Gasteiger partial charge on any atom is -0.341 e. The first-order chi connectivity index (χ1) is 8.54. The lowest BCUT2D eigenvalue weighted by molar-refractivity contribution is -0.139. The van der Waals surface area contributed by atoms with Gasteiger partial charge in [0, 0.05) is 13.1 Å². The van der Waals surface area contributed by atoms with Gasteiger partial charge in [-0.2, -0.15) is 0 Å². The van der Waals surface area contributed by atoms with E-state index in [1.807, 2.05) is 11.8 Å². The molecule has 2 saturated carbocycles. The van der Waals surface area contributed by atoms with Gasteiger partial charge in [-0.05, 0) is 56.8 Å². The first-order valence-electron chi connectivity index (χ1n) is 7.62. The maximum Gasteiger partial charge on any atom is 0.242 e. The molecule has 2 N–H and O–H groups in total. The third-order valence-corrected chi connectivity index (χ3v) is 5.66. The maximum atomic E-state index is 12.5. The Morgan fingerprint density at radius 1 is 1.17 bits per heavy atom. The first kappa shape index (κ1) is 12.5. The van der Waals surface area contributed by atoms with Crippen LogP contribution < -0.4 is 5.73 Å². The van der Waals surface area contributed by atoms with E-state index in [-0.39, 0.29) is 5.91 Å². The summed E-state index contributed by atoms with van der Waals surface area (Å²) < 4.78 is 0. The summed E-state index contributed by atoms with van der Waals surface area (Å²) in [4.78, 5) is 14.5. The molecule has 3 nitrogen and oxygen atoms in total. The largest absolute Gasteiger partial charge is 0.341 e. The molecule has 1 unspecified atom stereocenters. The van der Waals surface area contributed by atoms with Crippen molar-refractivity contribution in [2.24, 2.45) is 17.1 Å². The number of piperidine rings is 1. The molecule has 102 valence electrons. The number of hydrogen-bond donors (Lipinski definition) is 1. The number of carbonyl (C=O) groups is 1. The van der Waals surface area contributed by atoms with Gasteiger partial charge in [-0.3, -0.25) is 4.79 Å². The number of amides is 1. The van der Waals surface area contributed by atoms with Crippen LogP contribution in [0.25, 0.3) is 0 Å². The predicted molar refractivity (Wildman–Crippen MR) is 72.0 cm³/mol. The van der Waals surface area contributed by atoms with Gasteiger partial charge in [-0.1, -0.05) is 12.8 Å². The Balaban J connectivity index is 1.60. The lowest BCUT2D eigenvalue weighted by atomic mass is 9.76. The van der Waals surface area contributed by atoms with Crippen LogP contribution in [0.15, 0.2) is 0 Å². The topological polar surface area (TPSA) is 46.3 Å². The van der Waals surface area contributed by atoms with Crippen LogP contribution in [0.5, 0.6) is 0 Å². The summed E-state index contributed by atoms with van der Waals surface area (Å²) in [5.41, 5.74) is 6.24. The van der Waals surface area contributed by atoms with Crippen molar-refractivity contribution < 1.29 is 4.79 Å². The number of nitrogens with two attached hydrogens (primary N) is 1. The molecule has 0 bridgehead atoms. The predicted octanol–water partition coefficient (Wildman–Crippen LogP) is 2.30. The van der Waals surface area contributed by atoms with E-state index in [1.165, 1.54) is 38.5 Å². The Bertz CT molecular complexity index is 330. The monoisotopic (exact) mass is 250 g/mol. The van der Waals surface area contributed by atoms with Crippen molar-refractivity contribution in [3.8, 4) is 0 Å². The molecule has 3 fully saturated rings. The summed E-state index contributed by atoms with van der Waals surface area (Å²) in [6, 6.07) is 0. The van der Waals surface area contributed by atoms with Crippen molar-refractivity contribution in [2.45, 2.75) is 63.8 Å². The summed E-state index contributed by atoms with van der Waals surface area (Å²) in [7, 11) is 0. The summed E-state index contributed by atoms with van der Waals surface area (Å²) >= 11 is 0. The minimum atomic E-state index is -0.597. The number of likely N-dealkylation sites (tertiary alicyclic amines) is 1. The summed E-state index contributed by atoms with van der Waals surface area (Å²) in [5, 5.41) is 0. The smallest absolute Gasteiger partial charge is 0.242 e. The normalized spacial score (nSPS) is 30.4. The van der Waals surface area contributed by atoms with Crippen LogP contribution in [0.1, 0.15) is 58.3 Å². The summed E-state index contributed by atoms with van der Waals surface area (Å²) in [6.45, 7) is 3.82. The quantitative estimate of drug-likeness (QED) is 0.817. The zero-order chi connectivity index (χ0) is 12.8. The fourth-order valence-corrected chi connectivity index (χ4v) is 4.01. The second kappa shape index (κ2) is 4.22. The van der Waals surface area contributed by atoms with Gasteiger partial charge < -0.3 is 10.6 Å². The third kappa shape index (κ3) is 2.07. The van der Waals surface area contributed by atoms with Gasteiger partial charge in [0.1, 0.15) is 0 Å². The Hall–Kier alpha value is -0.570. The number of carbonyl (C=O) groups excluding carboxylic acids is 1. The Kier molecular flexibility index (Phi) is 2.92. The molecule has 1 heterocycles. The van der Waals surface area contributed by atoms with Crippen molar-refractivity contribution in [3.05, 3.63) is 0 Å². The van der Waals surface area contributed by atoms with Crippen LogP contribution >= 0.6 is 0 Å². The van der Waals surface area contributed by atoms with Crippen molar-refractivity contribution in [3.63, 3.8) is 0 Å². The minimum absolute atomic E-state index is 0.206. The highest BCUT2D eigenvalue weighted by Gasteiger charge is 2.47. The van der Waals surface area contributed by atoms with Crippen molar-refractivity contribution >= 4 is 5.91 Å². The summed E-state index contributed by atoms with van der Waals surface area (Å²) in [5.74, 6) is 0.644. The maximum absolute atomic E-state index is 12.5. The second-order valence-corrected chi connectivity index (χ2v) is 7.06. The third-order valence-electron chi connectivity index (χ3n) is 5.66. The molecular weight excluding hydrogens is 224 g/mol. The Morgan fingerprint density at radius 2 is 1.72 bits per heavy atom. The van der Waals surface area contributed by atoms with Crippen LogP contribution in [0.3, 0.4) is 0 Å². The first-order valence-corrected chi connectivity index (χ1v) is 7.62. The number of hydrogen-bond acceptors (Lipinski definition) is 2. The number of nitrogens with zero attached hydrogens (tertiary/aromatic N) is 1. The van der Waals surface area contributed by atoms with Gasteiger partial charge in [0.25, 0.3) is 0 Å². The van der Waals surface area contributed by atoms with Gasteiger partial charge in [-0.25, -0.2) is 0 Å². The van der Waals surface area contributed by atoms with Crippen molar-refractivity contribution in [1.82, 2.24) is 4.90 Å². The Labute approximate surface area is 110 Å². The molecule has 1 saturated heterocycles. The molecular formula is C15H26N2O. The molecule has 0 aromatic carbocycles. The van der Waals surface area contributed by atoms with Gasteiger partial charge in [0.05, 0.1) is 5.54 Å². The lowest BCUT2D eigenvalue weighted by Crippen LogP contribution is -2.57. The van der Waals surface area contributed by atoms with Crippen LogP contribution in [0.2, 0.25) is 0 Å². The van der Waals surface area contributed by atoms with E-state index in [0.717, 1.165) is 25.9 Å². The molecule has 0 radical (unpaired) electrons. The van der Waals surface area contributed by atoms with E-state index in [1.54, 1.807) is 0 Å². The highest BCUT2D eigenvalue weighted by molar-refractivity contribution is 5.86. The number of rotatable bonds is 2. The van der Waals surface area contributed by atoms with Crippen LogP contribution in [0, 0.1) is 11.3 Å². The van der Waals surface area contributed by atoms with Crippen LogP contribution in [-0.2, 0) is 4.79 Å². The van der Waals surface area contributed by atoms with Gasteiger partial charge in [-0.15, -0.1) is 0 Å². The van der Waals surface area contributed by atoms with E-state index in [4.69, 9.17) is 5.73 Å². The van der Waals surface area contributed by atoms with E-state index in [0.29, 0.717) is 11.3 Å². The molecule has 1 amide bonds. The molecule has 2 aliphatic carbocycles. The second-order valence-electron chi connectivity index (χ2n) is 7.06. The van der Waals surface area contributed by atoms with Crippen LogP contribution in [-0.4, -0.2) is 29.4 Å². The van der Waals surface area contributed by atoms with E-state index >= 15 is 0 Å². The summed E-state index contributed by atoms with van der Waals surface area (Å²) in [6.07, 6.45) is 10.2. The molecule has 18 heavy (non-hydrogen) atoms. The van der Waals surface area contributed by atoms with Gasteiger partial charge in [0.15, 0.2) is 0 Å². The zero-order valence-electron chi connectivity index (χ0n) is 11.6. The Morgan fingerprint density at radius 3 is 2.22 bits per heavy atom. The molecule has 0 aromatic heterocycles. The molecule has 3 rings (SSSR count). The SMILES string of the molecule is CC(N)(C(=O)N1CCC2(CCCC2)CC1)C1CC1. The fourth-order valence-electron chi connectivity index (χ4n) is 4.01. The van der Waals surface area contributed by atoms with E-state index in [2.05, 4.69) is 0 Å². The van der Waals surface area contributed by atoms with Gasteiger partial charge in [0.2, 0.25) is 5.91 Å². The van der Waals surface area contributed by atoms with Crippen molar-refractivity contribution in [2.75, 3.05) is 13.1 Å². The van der Waals surface area contributed by atoms with Crippen LogP contribution in [0.4, 0.5) is 0 Å². The van der Waals surface area contributed by atoms with E-state index < -0.39 is 5.54 Å². The van der Waals surface area contributed by atoms with E-state index in [9.17, 15) is 4.79 Å². The average Bonchev–Trinajstić information content (AvgIpc) is 3.14. The standard InChI is InChI=1S/C15H26N2O/c1-14(16,12-4-5-12)13(18)17-10-8-15(9-11-17)6-2-3-7-15/h12H,2-11,16H2,1H3. The van der Waals surface area contributed by atoms with Gasteiger partial charge >= 0.3 is 0 Å². The molecule has 3 aliphatic rings. The average molecular weight is 250 g/mol. The lowest BCUT2D eigenvalue weighted by Gasteiger charge is -2.42. The highest BCUT2D eigenvalue weighted by atomic mass is 16.2. The molecule has 1 aliphatic heterocycles. The molecule has 0 aromatic rings. The van der Waals surface area contributed by atoms with Crippen molar-refractivity contribution in [1.29, 1.82) is 0 Å². The fraction of sp³-hybridized carbons (Fsp3) is 0.933. The molecule has 1 atom stereocenters. The molecule has 3 heteroatoms. The molecule has 1 spiro atoms. The highest BCUT2D eigenvalue weighted by Crippen LogP contribution is 2.47.